The quantitative estimate of drug-likeness (QED) is 0.189. The largest absolute Gasteiger partial charge is 0.422 e. The number of halogens is 1. The topological polar surface area (TPSA) is 96.9 Å². The van der Waals surface area contributed by atoms with Crippen molar-refractivity contribution in [1.29, 1.82) is 0 Å². The zero-order valence-electron chi connectivity index (χ0n) is 18.3. The number of amides is 2. The number of para-hydroxylation sites is 1. The van der Waals surface area contributed by atoms with Gasteiger partial charge >= 0.3 is 17.8 Å². The third-order valence-electron chi connectivity index (χ3n) is 4.72. The normalized spacial score (nSPS) is 11.0. The summed E-state index contributed by atoms with van der Waals surface area (Å²) in [5.74, 6) is -2.08. The van der Waals surface area contributed by atoms with Gasteiger partial charge in [0.2, 0.25) is 0 Å². The minimum atomic E-state index is -0.926. The van der Waals surface area contributed by atoms with Crippen LogP contribution in [0.25, 0.3) is 0 Å². The first kappa shape index (κ1) is 23.7. The van der Waals surface area contributed by atoms with Crippen molar-refractivity contribution in [2.24, 2.45) is 5.10 Å². The Morgan fingerprint density at radius 2 is 1.61 bits per heavy atom. The lowest BCUT2D eigenvalue weighted by Gasteiger charge is -2.11. The lowest BCUT2D eigenvalue weighted by Crippen LogP contribution is -2.33. The molecule has 0 atom stereocenters. The van der Waals surface area contributed by atoms with Gasteiger partial charge in [0.25, 0.3) is 0 Å². The Morgan fingerprint density at radius 1 is 0.909 bits per heavy atom. The molecular weight excluding hydrogens is 442 g/mol. The van der Waals surface area contributed by atoms with Gasteiger partial charge in [0.1, 0.15) is 5.75 Å². The molecule has 0 unspecified atom stereocenters. The number of esters is 1. The number of nitrogens with one attached hydrogen (secondary N) is 2. The Balaban J connectivity index is 1.69. The van der Waals surface area contributed by atoms with Crippen molar-refractivity contribution >= 4 is 40.8 Å². The molecule has 0 spiro atoms. The van der Waals surface area contributed by atoms with Crippen molar-refractivity contribution in [2.45, 2.75) is 20.8 Å². The standard InChI is InChI=1S/C25H22ClN3O4/c1-15-8-13-21(16(2)14-15)27-23(30)24(31)29-28-17(3)20-6-4-5-7-22(20)33-25(32)18-9-11-19(26)12-10-18/h4-14H,1-3H3,(H,27,30)(H,29,31). The van der Waals surface area contributed by atoms with Gasteiger partial charge in [-0.15, -0.1) is 0 Å². The van der Waals surface area contributed by atoms with E-state index in [0.29, 0.717) is 27.5 Å². The van der Waals surface area contributed by atoms with Gasteiger partial charge in [0, 0.05) is 16.3 Å². The van der Waals surface area contributed by atoms with E-state index in [-0.39, 0.29) is 5.75 Å². The molecule has 3 aromatic carbocycles. The maximum atomic E-state index is 12.4. The smallest absolute Gasteiger partial charge is 0.343 e. The van der Waals surface area contributed by atoms with Gasteiger partial charge in [0.15, 0.2) is 0 Å². The van der Waals surface area contributed by atoms with Crippen LogP contribution in [0.4, 0.5) is 5.69 Å². The summed E-state index contributed by atoms with van der Waals surface area (Å²) in [6.07, 6.45) is 0. The molecule has 3 rings (SSSR count). The highest BCUT2D eigenvalue weighted by Crippen LogP contribution is 2.21. The lowest BCUT2D eigenvalue weighted by molar-refractivity contribution is -0.136. The van der Waals surface area contributed by atoms with E-state index in [1.54, 1.807) is 61.5 Å². The number of nitrogens with zero attached hydrogens (tertiary/aromatic N) is 1. The predicted molar refractivity (Wildman–Crippen MR) is 128 cm³/mol. The summed E-state index contributed by atoms with van der Waals surface area (Å²) in [6.45, 7) is 5.40. The number of carbonyl (C=O) groups excluding carboxylic acids is 3. The molecule has 0 heterocycles. The highest BCUT2D eigenvalue weighted by molar-refractivity contribution is 6.39. The van der Waals surface area contributed by atoms with E-state index in [0.717, 1.165) is 11.1 Å². The maximum absolute atomic E-state index is 12.4. The molecule has 0 fully saturated rings. The fraction of sp³-hybridized carbons (Fsp3) is 0.120. The molecule has 7 nitrogen and oxygen atoms in total. The summed E-state index contributed by atoms with van der Waals surface area (Å²) in [6, 6.07) is 18.5. The molecule has 0 aliphatic rings. The van der Waals surface area contributed by atoms with Gasteiger partial charge < -0.3 is 10.1 Å². The number of hydrazone groups is 1. The van der Waals surface area contributed by atoms with Crippen LogP contribution >= 0.6 is 11.6 Å². The van der Waals surface area contributed by atoms with Crippen LogP contribution in [0.5, 0.6) is 5.75 Å². The molecule has 8 heteroatoms. The average molecular weight is 464 g/mol. The fourth-order valence-corrected chi connectivity index (χ4v) is 3.10. The molecule has 33 heavy (non-hydrogen) atoms. The number of carbonyl (C=O) groups is 3. The third kappa shape index (κ3) is 6.27. The van der Waals surface area contributed by atoms with Gasteiger partial charge in [-0.2, -0.15) is 5.10 Å². The summed E-state index contributed by atoms with van der Waals surface area (Å²) in [5, 5.41) is 7.06. The first-order valence-electron chi connectivity index (χ1n) is 10.0. The Labute approximate surface area is 196 Å². The van der Waals surface area contributed by atoms with Crippen LogP contribution in [0.15, 0.2) is 71.8 Å². The average Bonchev–Trinajstić information content (AvgIpc) is 2.79. The molecule has 0 aliphatic heterocycles. The van der Waals surface area contributed by atoms with Crippen LogP contribution in [-0.2, 0) is 9.59 Å². The van der Waals surface area contributed by atoms with E-state index in [1.165, 1.54) is 0 Å². The van der Waals surface area contributed by atoms with Crippen LogP contribution in [0.1, 0.15) is 34.0 Å². The second-order valence-electron chi connectivity index (χ2n) is 7.30. The lowest BCUT2D eigenvalue weighted by atomic mass is 10.1. The molecule has 2 amide bonds. The summed E-state index contributed by atoms with van der Waals surface area (Å²) >= 11 is 5.85. The van der Waals surface area contributed by atoms with Crippen molar-refractivity contribution in [1.82, 2.24) is 5.43 Å². The number of hydrogen-bond donors (Lipinski definition) is 2. The third-order valence-corrected chi connectivity index (χ3v) is 4.97. The van der Waals surface area contributed by atoms with E-state index in [9.17, 15) is 14.4 Å². The summed E-state index contributed by atoms with van der Waals surface area (Å²) < 4.78 is 5.49. The van der Waals surface area contributed by atoms with E-state index in [1.807, 2.05) is 26.0 Å². The summed E-state index contributed by atoms with van der Waals surface area (Å²) in [5.41, 5.74) is 5.83. The molecule has 168 valence electrons. The fourth-order valence-electron chi connectivity index (χ4n) is 2.98. The van der Waals surface area contributed by atoms with Crippen molar-refractivity contribution < 1.29 is 19.1 Å². The van der Waals surface area contributed by atoms with Crippen LogP contribution in [0.2, 0.25) is 5.02 Å². The molecule has 0 radical (unpaired) electrons. The molecule has 0 aromatic heterocycles. The minimum Gasteiger partial charge on any atom is -0.422 e. The van der Waals surface area contributed by atoms with Crippen LogP contribution in [0.3, 0.4) is 0 Å². The zero-order valence-corrected chi connectivity index (χ0v) is 19.1. The van der Waals surface area contributed by atoms with E-state index in [2.05, 4.69) is 15.8 Å². The maximum Gasteiger partial charge on any atom is 0.343 e. The predicted octanol–water partition coefficient (Wildman–Crippen LogP) is 4.65. The van der Waals surface area contributed by atoms with Gasteiger partial charge in [-0.05, 0) is 68.8 Å². The van der Waals surface area contributed by atoms with Crippen molar-refractivity contribution in [2.75, 3.05) is 5.32 Å². The van der Waals surface area contributed by atoms with Gasteiger partial charge in [-0.25, -0.2) is 10.2 Å². The molecule has 2 N–H and O–H groups in total. The Morgan fingerprint density at radius 3 is 2.30 bits per heavy atom. The number of aryl methyl sites for hydroxylation is 2. The SMILES string of the molecule is CC(=NNC(=O)C(=O)Nc1ccc(C)cc1C)c1ccccc1OC(=O)c1ccc(Cl)cc1. The summed E-state index contributed by atoms with van der Waals surface area (Å²) in [4.78, 5) is 36.9. The molecule has 0 saturated carbocycles. The Bertz CT molecular complexity index is 1240. The number of rotatable bonds is 5. The van der Waals surface area contributed by atoms with E-state index >= 15 is 0 Å². The van der Waals surface area contributed by atoms with Crippen LogP contribution < -0.4 is 15.5 Å². The highest BCUT2D eigenvalue weighted by atomic mass is 35.5. The van der Waals surface area contributed by atoms with Gasteiger partial charge in [0.05, 0.1) is 11.3 Å². The number of anilines is 1. The highest BCUT2D eigenvalue weighted by Gasteiger charge is 2.16. The minimum absolute atomic E-state index is 0.257. The molecule has 3 aromatic rings. The monoisotopic (exact) mass is 463 g/mol. The molecule has 0 bridgehead atoms. The zero-order chi connectivity index (χ0) is 24.0. The second-order valence-corrected chi connectivity index (χ2v) is 7.74. The molecule has 0 saturated heterocycles. The van der Waals surface area contributed by atoms with Crippen molar-refractivity contribution in [3.8, 4) is 5.75 Å². The van der Waals surface area contributed by atoms with Gasteiger partial charge in [-0.1, -0.05) is 41.4 Å². The first-order chi connectivity index (χ1) is 15.7. The molecule has 0 aliphatic carbocycles. The van der Waals surface area contributed by atoms with Crippen molar-refractivity contribution in [3.63, 3.8) is 0 Å². The van der Waals surface area contributed by atoms with E-state index < -0.39 is 17.8 Å². The summed E-state index contributed by atoms with van der Waals surface area (Å²) in [7, 11) is 0. The molecular formula is C25H22ClN3O4. The van der Waals surface area contributed by atoms with Crippen molar-refractivity contribution in [3.05, 3.63) is 94.0 Å². The number of benzene rings is 3. The van der Waals surface area contributed by atoms with Crippen LogP contribution in [-0.4, -0.2) is 23.5 Å². The number of ether oxygens (including phenoxy) is 1. The van der Waals surface area contributed by atoms with E-state index in [4.69, 9.17) is 16.3 Å². The first-order valence-corrected chi connectivity index (χ1v) is 10.4. The Hall–Kier alpha value is -3.97. The van der Waals surface area contributed by atoms with Crippen LogP contribution in [0, 0.1) is 13.8 Å². The Kier molecular flexibility index (Phi) is 7.58. The second kappa shape index (κ2) is 10.6. The van der Waals surface area contributed by atoms with Gasteiger partial charge in [-0.3, -0.25) is 9.59 Å². The number of hydrogen-bond acceptors (Lipinski definition) is 5.